The van der Waals surface area contributed by atoms with Gasteiger partial charge < -0.3 is 14.8 Å². The van der Waals surface area contributed by atoms with Crippen LogP contribution in [0, 0.1) is 0 Å². The van der Waals surface area contributed by atoms with Gasteiger partial charge in [-0.05, 0) is 48.2 Å². The molecule has 1 fully saturated rings. The van der Waals surface area contributed by atoms with Crippen LogP contribution in [0.2, 0.25) is 0 Å². The molecule has 1 heterocycles. The van der Waals surface area contributed by atoms with Crippen LogP contribution in [-0.2, 0) is 20.2 Å². The van der Waals surface area contributed by atoms with Gasteiger partial charge in [0.15, 0.2) is 0 Å². The van der Waals surface area contributed by atoms with Crippen LogP contribution < -0.4 is 14.8 Å². The predicted molar refractivity (Wildman–Crippen MR) is 133 cm³/mol. The average Bonchev–Trinajstić information content (AvgIpc) is 3.05. The number of carbonyl (C=O) groups is 1. The van der Waals surface area contributed by atoms with Crippen molar-refractivity contribution in [1.82, 2.24) is 9.21 Å². The molecule has 1 N–H and O–H groups in total. The summed E-state index contributed by atoms with van der Waals surface area (Å²) in [6.45, 7) is 8.34. The van der Waals surface area contributed by atoms with E-state index < -0.39 is 10.0 Å². The fourth-order valence-corrected chi connectivity index (χ4v) is 5.39. The van der Waals surface area contributed by atoms with Gasteiger partial charge in [0.2, 0.25) is 15.9 Å². The Balaban J connectivity index is 1.61. The zero-order valence-corrected chi connectivity index (χ0v) is 21.4. The fraction of sp³-hybridized carbons (Fsp3) is 0.480. The normalized spacial score (nSPS) is 16.0. The van der Waals surface area contributed by atoms with Crippen molar-refractivity contribution < 1.29 is 22.7 Å². The quantitative estimate of drug-likeness (QED) is 0.642. The second-order valence-electron chi connectivity index (χ2n) is 9.42. The van der Waals surface area contributed by atoms with Crippen molar-refractivity contribution in [3.05, 3.63) is 48.0 Å². The van der Waals surface area contributed by atoms with E-state index in [0.29, 0.717) is 54.7 Å². The molecule has 3 rings (SSSR count). The average molecular weight is 490 g/mol. The highest BCUT2D eigenvalue weighted by molar-refractivity contribution is 7.89. The number of methoxy groups -OCH3 is 2. The van der Waals surface area contributed by atoms with Crippen molar-refractivity contribution in [1.29, 1.82) is 0 Å². The van der Waals surface area contributed by atoms with E-state index in [-0.39, 0.29) is 17.9 Å². The van der Waals surface area contributed by atoms with Gasteiger partial charge in [-0.15, -0.1) is 0 Å². The number of anilines is 1. The van der Waals surface area contributed by atoms with Crippen molar-refractivity contribution in [2.75, 3.05) is 52.3 Å². The number of carbonyl (C=O) groups excluding carboxylic acids is 1. The molecular formula is C25H35N3O5S. The zero-order chi connectivity index (χ0) is 24.9. The van der Waals surface area contributed by atoms with Crippen molar-refractivity contribution in [3.8, 4) is 11.5 Å². The van der Waals surface area contributed by atoms with Crippen LogP contribution in [0.5, 0.6) is 11.5 Å². The number of rotatable bonds is 7. The summed E-state index contributed by atoms with van der Waals surface area (Å²) >= 11 is 0. The van der Waals surface area contributed by atoms with Crippen molar-refractivity contribution in [3.63, 3.8) is 0 Å². The van der Waals surface area contributed by atoms with E-state index in [9.17, 15) is 13.2 Å². The summed E-state index contributed by atoms with van der Waals surface area (Å²) in [5.74, 6) is 0.965. The Morgan fingerprint density at radius 3 is 2.29 bits per heavy atom. The summed E-state index contributed by atoms with van der Waals surface area (Å²) in [5.41, 5.74) is 1.61. The lowest BCUT2D eigenvalue weighted by molar-refractivity contribution is -0.117. The lowest BCUT2D eigenvalue weighted by Crippen LogP contribution is -2.38. The third kappa shape index (κ3) is 6.28. The molecular weight excluding hydrogens is 454 g/mol. The minimum absolute atomic E-state index is 0.0399. The first-order valence-electron chi connectivity index (χ1n) is 11.4. The van der Waals surface area contributed by atoms with E-state index in [1.807, 2.05) is 17.0 Å². The molecule has 1 saturated heterocycles. The van der Waals surface area contributed by atoms with Crippen LogP contribution in [0.4, 0.5) is 5.69 Å². The van der Waals surface area contributed by atoms with Gasteiger partial charge in [0.25, 0.3) is 0 Å². The van der Waals surface area contributed by atoms with Crippen molar-refractivity contribution >= 4 is 21.6 Å². The van der Waals surface area contributed by atoms with Gasteiger partial charge in [-0.3, -0.25) is 9.69 Å². The minimum atomic E-state index is -3.59. The van der Waals surface area contributed by atoms with Crippen LogP contribution >= 0.6 is 0 Å². The highest BCUT2D eigenvalue weighted by Crippen LogP contribution is 2.29. The van der Waals surface area contributed by atoms with E-state index in [4.69, 9.17) is 9.47 Å². The minimum Gasteiger partial charge on any atom is -0.497 e. The molecule has 0 bridgehead atoms. The Kier molecular flexibility index (Phi) is 8.22. The van der Waals surface area contributed by atoms with E-state index >= 15 is 0 Å². The van der Waals surface area contributed by atoms with Gasteiger partial charge in [-0.1, -0.05) is 32.9 Å². The molecule has 8 nitrogen and oxygen atoms in total. The Hall–Kier alpha value is -2.62. The Morgan fingerprint density at radius 2 is 1.68 bits per heavy atom. The monoisotopic (exact) mass is 489 g/mol. The van der Waals surface area contributed by atoms with Crippen LogP contribution in [0.1, 0.15) is 32.8 Å². The molecule has 0 saturated carbocycles. The highest BCUT2D eigenvalue weighted by atomic mass is 32.2. The first kappa shape index (κ1) is 26.0. The van der Waals surface area contributed by atoms with Crippen LogP contribution in [0.25, 0.3) is 0 Å². The molecule has 2 aromatic rings. The van der Waals surface area contributed by atoms with Gasteiger partial charge in [0, 0.05) is 25.7 Å². The van der Waals surface area contributed by atoms with Gasteiger partial charge in [-0.2, -0.15) is 4.31 Å². The fourth-order valence-electron chi connectivity index (χ4n) is 3.92. The topological polar surface area (TPSA) is 88.2 Å². The third-order valence-corrected chi connectivity index (χ3v) is 7.87. The predicted octanol–water partition coefficient (Wildman–Crippen LogP) is 3.34. The van der Waals surface area contributed by atoms with Crippen molar-refractivity contribution in [2.45, 2.75) is 37.5 Å². The second kappa shape index (κ2) is 10.8. The number of amides is 1. The van der Waals surface area contributed by atoms with E-state index in [0.717, 1.165) is 5.56 Å². The van der Waals surface area contributed by atoms with Crippen LogP contribution in [0.3, 0.4) is 0 Å². The van der Waals surface area contributed by atoms with Crippen molar-refractivity contribution in [2.24, 2.45) is 0 Å². The Labute approximate surface area is 202 Å². The summed E-state index contributed by atoms with van der Waals surface area (Å²) in [6.07, 6.45) is 0.651. The van der Waals surface area contributed by atoms with Gasteiger partial charge in [-0.25, -0.2) is 8.42 Å². The van der Waals surface area contributed by atoms with Gasteiger partial charge >= 0.3 is 0 Å². The molecule has 0 atom stereocenters. The lowest BCUT2D eigenvalue weighted by atomic mass is 9.87. The molecule has 0 unspecified atom stereocenters. The number of benzene rings is 2. The van der Waals surface area contributed by atoms with Gasteiger partial charge in [0.05, 0.1) is 31.3 Å². The van der Waals surface area contributed by atoms with Gasteiger partial charge in [0.1, 0.15) is 11.5 Å². The summed E-state index contributed by atoms with van der Waals surface area (Å²) in [5, 5.41) is 2.87. The molecule has 0 aromatic heterocycles. The second-order valence-corrected chi connectivity index (χ2v) is 11.4. The van der Waals surface area contributed by atoms with Crippen LogP contribution in [0.15, 0.2) is 47.4 Å². The van der Waals surface area contributed by atoms with E-state index in [1.165, 1.54) is 11.4 Å². The number of nitrogens with zero attached hydrogens (tertiary/aromatic N) is 2. The third-order valence-electron chi connectivity index (χ3n) is 5.96. The standard InChI is InChI=1S/C25H35N3O5S/c1-25(2,3)19-7-10-21(11-8-19)34(30,31)28-14-6-13-27(15-16-28)18-24(29)26-22-12-9-20(32-4)17-23(22)33-5/h7-12,17H,6,13-16,18H2,1-5H3,(H,26,29). The molecule has 1 aliphatic heterocycles. The molecule has 0 aliphatic carbocycles. The number of nitrogens with one attached hydrogen (secondary N) is 1. The first-order valence-corrected chi connectivity index (χ1v) is 12.8. The zero-order valence-electron chi connectivity index (χ0n) is 20.6. The largest absolute Gasteiger partial charge is 0.497 e. The summed E-state index contributed by atoms with van der Waals surface area (Å²) < 4.78 is 38.4. The summed E-state index contributed by atoms with van der Waals surface area (Å²) in [7, 11) is -0.487. The number of sulfonamides is 1. The maximum absolute atomic E-state index is 13.2. The highest BCUT2D eigenvalue weighted by Gasteiger charge is 2.28. The Bertz CT molecular complexity index is 1090. The molecule has 0 spiro atoms. The van der Waals surface area contributed by atoms with Crippen LogP contribution in [-0.4, -0.2) is 70.5 Å². The molecule has 186 valence electrons. The molecule has 34 heavy (non-hydrogen) atoms. The SMILES string of the molecule is COc1ccc(NC(=O)CN2CCCN(S(=O)(=O)c3ccc(C(C)(C)C)cc3)CC2)c(OC)c1. The molecule has 1 amide bonds. The summed E-state index contributed by atoms with van der Waals surface area (Å²) in [4.78, 5) is 14.9. The molecule has 1 aliphatic rings. The molecule has 0 radical (unpaired) electrons. The first-order chi connectivity index (χ1) is 16.0. The smallest absolute Gasteiger partial charge is 0.243 e. The lowest BCUT2D eigenvalue weighted by Gasteiger charge is -2.23. The maximum Gasteiger partial charge on any atom is 0.243 e. The maximum atomic E-state index is 13.2. The Morgan fingerprint density at radius 1 is 0.971 bits per heavy atom. The van der Waals surface area contributed by atoms with E-state index in [1.54, 1.807) is 37.4 Å². The molecule has 9 heteroatoms. The number of hydrogen-bond acceptors (Lipinski definition) is 6. The summed E-state index contributed by atoms with van der Waals surface area (Å²) in [6, 6.07) is 12.3. The number of hydrogen-bond donors (Lipinski definition) is 1. The number of ether oxygens (including phenoxy) is 2. The van der Waals surface area contributed by atoms with E-state index in [2.05, 4.69) is 26.1 Å². The molecule has 2 aromatic carbocycles.